The van der Waals surface area contributed by atoms with E-state index in [9.17, 15) is 0 Å². The van der Waals surface area contributed by atoms with Crippen molar-refractivity contribution in [2.45, 2.75) is 77.2 Å². The first-order chi connectivity index (χ1) is 12.4. The number of fused-ring (bicyclic) bond motifs is 1. The first-order valence-corrected chi connectivity index (χ1v) is 10.2. The highest BCUT2D eigenvalue weighted by atomic mass is 16.4. The van der Waals surface area contributed by atoms with Crippen LogP contribution in [0.15, 0.2) is 22.6 Å². The smallest absolute Gasteiger partial charge is 0.295 e. The molecule has 4 nitrogen and oxygen atoms in total. The van der Waals surface area contributed by atoms with E-state index in [2.05, 4.69) is 29.7 Å². The monoisotopic (exact) mass is 343 g/mol. The summed E-state index contributed by atoms with van der Waals surface area (Å²) >= 11 is 0. The van der Waals surface area contributed by atoms with Crippen LogP contribution in [0.4, 0.5) is 6.01 Å². The van der Waals surface area contributed by atoms with Gasteiger partial charge in [-0.05, 0) is 37.4 Å². The number of hydrogen-bond donors (Lipinski definition) is 2. The third kappa shape index (κ3) is 5.46. The molecule has 2 aromatic rings. The van der Waals surface area contributed by atoms with Crippen molar-refractivity contribution >= 4 is 17.1 Å². The molecule has 138 valence electrons. The Morgan fingerprint density at radius 3 is 2.68 bits per heavy atom. The SMILES string of the molecule is CCCCCCCCCCc1cccc2oc(N[C@@H]3CCNC3)nc12. The molecule has 0 radical (unpaired) electrons. The topological polar surface area (TPSA) is 50.1 Å². The van der Waals surface area contributed by atoms with Crippen LogP contribution in [0.2, 0.25) is 0 Å². The van der Waals surface area contributed by atoms with Crippen LogP contribution in [-0.4, -0.2) is 24.1 Å². The highest BCUT2D eigenvalue weighted by Gasteiger charge is 2.17. The summed E-state index contributed by atoms with van der Waals surface area (Å²) in [6.07, 6.45) is 13.1. The van der Waals surface area contributed by atoms with Gasteiger partial charge in [0.1, 0.15) is 5.52 Å². The van der Waals surface area contributed by atoms with Crippen LogP contribution >= 0.6 is 0 Å². The Labute approximate surface area is 151 Å². The number of nitrogens with one attached hydrogen (secondary N) is 2. The van der Waals surface area contributed by atoms with Crippen molar-refractivity contribution in [1.82, 2.24) is 10.3 Å². The highest BCUT2D eigenvalue weighted by molar-refractivity contribution is 5.78. The third-order valence-electron chi connectivity index (χ3n) is 5.19. The second-order valence-corrected chi connectivity index (χ2v) is 7.34. The molecule has 2 heterocycles. The first-order valence-electron chi connectivity index (χ1n) is 10.2. The Hall–Kier alpha value is -1.55. The van der Waals surface area contributed by atoms with Crippen molar-refractivity contribution in [3.8, 4) is 0 Å². The van der Waals surface area contributed by atoms with Crippen molar-refractivity contribution in [2.75, 3.05) is 18.4 Å². The molecule has 1 aliphatic rings. The summed E-state index contributed by atoms with van der Waals surface area (Å²) < 4.78 is 5.90. The molecule has 4 heteroatoms. The van der Waals surface area contributed by atoms with E-state index in [0.29, 0.717) is 12.1 Å². The average molecular weight is 344 g/mol. The molecule has 0 saturated carbocycles. The number of nitrogens with zero attached hydrogens (tertiary/aromatic N) is 1. The standard InChI is InChI=1S/C21H33N3O/c1-2-3-4-5-6-7-8-9-11-17-12-10-13-19-20(17)24-21(25-19)23-18-14-15-22-16-18/h10,12-13,18,22H,2-9,11,14-16H2,1H3,(H,23,24)/t18-/m1/s1. The summed E-state index contributed by atoms with van der Waals surface area (Å²) in [5.41, 5.74) is 3.27. The third-order valence-corrected chi connectivity index (χ3v) is 5.19. The van der Waals surface area contributed by atoms with Gasteiger partial charge in [0.2, 0.25) is 0 Å². The molecule has 1 saturated heterocycles. The molecule has 1 aromatic carbocycles. The van der Waals surface area contributed by atoms with Gasteiger partial charge >= 0.3 is 0 Å². The maximum absolute atomic E-state index is 5.90. The lowest BCUT2D eigenvalue weighted by Crippen LogP contribution is -2.22. The second-order valence-electron chi connectivity index (χ2n) is 7.34. The maximum atomic E-state index is 5.90. The van der Waals surface area contributed by atoms with Gasteiger partial charge in [-0.3, -0.25) is 0 Å². The predicted octanol–water partition coefficient (Wildman–Crippen LogP) is 5.28. The molecular formula is C21H33N3O. The van der Waals surface area contributed by atoms with E-state index in [1.807, 2.05) is 6.07 Å². The minimum Gasteiger partial charge on any atom is -0.424 e. The Balaban J connectivity index is 1.47. The Morgan fingerprint density at radius 1 is 1.12 bits per heavy atom. The van der Waals surface area contributed by atoms with Crippen molar-refractivity contribution in [3.05, 3.63) is 23.8 Å². The molecule has 1 fully saturated rings. The van der Waals surface area contributed by atoms with Crippen molar-refractivity contribution in [3.63, 3.8) is 0 Å². The fourth-order valence-electron chi connectivity index (χ4n) is 3.67. The lowest BCUT2D eigenvalue weighted by Gasteiger charge is -2.07. The molecule has 0 bridgehead atoms. The molecule has 0 spiro atoms. The Morgan fingerprint density at radius 2 is 1.92 bits per heavy atom. The van der Waals surface area contributed by atoms with Crippen LogP contribution in [-0.2, 0) is 6.42 Å². The van der Waals surface area contributed by atoms with Gasteiger partial charge in [-0.1, -0.05) is 64.0 Å². The first kappa shape index (κ1) is 18.2. The molecule has 1 aromatic heterocycles. The number of oxazole rings is 1. The Bertz CT molecular complexity index is 631. The number of benzene rings is 1. The van der Waals surface area contributed by atoms with Gasteiger partial charge in [0, 0.05) is 12.6 Å². The lowest BCUT2D eigenvalue weighted by molar-refractivity contribution is 0.576. The van der Waals surface area contributed by atoms with E-state index in [1.165, 1.54) is 56.9 Å². The lowest BCUT2D eigenvalue weighted by atomic mass is 10.0. The quantitative estimate of drug-likeness (QED) is 0.545. The summed E-state index contributed by atoms with van der Waals surface area (Å²) in [6, 6.07) is 7.43. The number of aryl methyl sites for hydroxylation is 1. The summed E-state index contributed by atoms with van der Waals surface area (Å²) in [4.78, 5) is 4.72. The molecule has 2 N–H and O–H groups in total. The fourth-order valence-corrected chi connectivity index (χ4v) is 3.67. The molecule has 25 heavy (non-hydrogen) atoms. The van der Waals surface area contributed by atoms with Gasteiger partial charge in [-0.2, -0.15) is 4.98 Å². The van der Waals surface area contributed by atoms with E-state index < -0.39 is 0 Å². The number of para-hydroxylation sites is 1. The number of rotatable bonds is 11. The molecule has 1 atom stereocenters. The molecule has 1 aliphatic heterocycles. The van der Waals surface area contributed by atoms with Gasteiger partial charge < -0.3 is 15.1 Å². The predicted molar refractivity (Wildman–Crippen MR) is 105 cm³/mol. The van der Waals surface area contributed by atoms with Gasteiger partial charge in [-0.25, -0.2) is 0 Å². The molecule has 0 unspecified atom stereocenters. The van der Waals surface area contributed by atoms with Crippen LogP contribution < -0.4 is 10.6 Å². The summed E-state index contributed by atoms with van der Waals surface area (Å²) in [5, 5.41) is 6.78. The number of aromatic nitrogens is 1. The van der Waals surface area contributed by atoms with Crippen LogP contribution in [0, 0.1) is 0 Å². The summed E-state index contributed by atoms with van der Waals surface area (Å²) in [5.74, 6) is 0. The zero-order valence-electron chi connectivity index (χ0n) is 15.7. The minimum absolute atomic E-state index is 0.434. The molecule has 3 rings (SSSR count). The number of hydrogen-bond acceptors (Lipinski definition) is 4. The van der Waals surface area contributed by atoms with Gasteiger partial charge in [-0.15, -0.1) is 0 Å². The number of anilines is 1. The van der Waals surface area contributed by atoms with Crippen LogP contribution in [0.25, 0.3) is 11.1 Å². The fraction of sp³-hybridized carbons (Fsp3) is 0.667. The van der Waals surface area contributed by atoms with Gasteiger partial charge in [0.25, 0.3) is 6.01 Å². The van der Waals surface area contributed by atoms with Gasteiger partial charge in [0.05, 0.1) is 0 Å². The molecular weight excluding hydrogens is 310 g/mol. The largest absolute Gasteiger partial charge is 0.424 e. The van der Waals surface area contributed by atoms with Crippen molar-refractivity contribution in [2.24, 2.45) is 0 Å². The second kappa shape index (κ2) is 9.81. The van der Waals surface area contributed by atoms with Crippen LogP contribution in [0.3, 0.4) is 0 Å². The van der Waals surface area contributed by atoms with E-state index in [4.69, 9.17) is 9.40 Å². The van der Waals surface area contributed by atoms with Crippen molar-refractivity contribution in [1.29, 1.82) is 0 Å². The molecule has 0 amide bonds. The minimum atomic E-state index is 0.434. The van der Waals surface area contributed by atoms with Gasteiger partial charge in [0.15, 0.2) is 5.58 Å². The average Bonchev–Trinajstić information content (AvgIpc) is 3.27. The van der Waals surface area contributed by atoms with E-state index in [0.717, 1.165) is 37.0 Å². The zero-order chi connectivity index (χ0) is 17.3. The van der Waals surface area contributed by atoms with E-state index in [-0.39, 0.29) is 0 Å². The van der Waals surface area contributed by atoms with Crippen molar-refractivity contribution < 1.29 is 4.42 Å². The van der Waals surface area contributed by atoms with E-state index >= 15 is 0 Å². The number of unbranched alkanes of at least 4 members (excludes halogenated alkanes) is 7. The van der Waals surface area contributed by atoms with Crippen LogP contribution in [0.1, 0.15) is 70.3 Å². The van der Waals surface area contributed by atoms with E-state index in [1.54, 1.807) is 0 Å². The van der Waals surface area contributed by atoms with Crippen LogP contribution in [0.5, 0.6) is 0 Å². The zero-order valence-corrected chi connectivity index (χ0v) is 15.7. The summed E-state index contributed by atoms with van der Waals surface area (Å²) in [7, 11) is 0. The highest BCUT2D eigenvalue weighted by Crippen LogP contribution is 2.24. The maximum Gasteiger partial charge on any atom is 0.295 e. The normalized spacial score (nSPS) is 17.4. The summed E-state index contributed by atoms with van der Waals surface area (Å²) in [6.45, 7) is 4.33. The molecule has 0 aliphatic carbocycles. The Kier molecular flexibility index (Phi) is 7.16.